The Kier molecular flexibility index (Phi) is 10.9. The van der Waals surface area contributed by atoms with E-state index < -0.39 is 30.5 Å². The molecule has 5 aromatic rings. The maximum Gasteiger partial charge on any atom is 0.321 e. The van der Waals surface area contributed by atoms with Crippen molar-refractivity contribution in [2.45, 2.75) is 33.0 Å². The summed E-state index contributed by atoms with van der Waals surface area (Å²) in [6.45, 7) is 1.28. The summed E-state index contributed by atoms with van der Waals surface area (Å²) in [5.74, 6) is -0.0673. The summed E-state index contributed by atoms with van der Waals surface area (Å²) >= 11 is 6.58. The van der Waals surface area contributed by atoms with Crippen LogP contribution in [0, 0.1) is 12.7 Å². The predicted molar refractivity (Wildman–Crippen MR) is 172 cm³/mol. The molecule has 0 saturated carbocycles. The number of benzene rings is 2. The number of alkyl halides is 1. The third kappa shape index (κ3) is 6.40. The number of nitrogens with zero attached hydrogens (tertiary/aromatic N) is 6. The molecule has 0 bridgehead atoms. The van der Waals surface area contributed by atoms with Crippen molar-refractivity contribution in [1.82, 2.24) is 29.4 Å². The normalized spacial score (nSPS) is 16.3. The fraction of sp³-hybridized carbons (Fsp3) is 0.276. The van der Waals surface area contributed by atoms with Gasteiger partial charge in [-0.1, -0.05) is 19.0 Å². The molecular weight excluding hydrogens is 618 g/mol. The Morgan fingerprint density at radius 2 is 1.86 bits per heavy atom. The maximum atomic E-state index is 15.5. The quantitative estimate of drug-likeness (QED) is 0.253. The van der Waals surface area contributed by atoms with Gasteiger partial charge >= 0.3 is 6.01 Å². The lowest BCUT2D eigenvalue weighted by molar-refractivity contribution is -0.137. The first kappa shape index (κ1) is 34.0. The van der Waals surface area contributed by atoms with Gasteiger partial charge in [-0.25, -0.2) is 23.7 Å². The van der Waals surface area contributed by atoms with Gasteiger partial charge in [0.1, 0.15) is 35.7 Å². The summed E-state index contributed by atoms with van der Waals surface area (Å²) in [4.78, 5) is 30.3. The number of amides is 1. The Morgan fingerprint density at radius 3 is 2.53 bits per heavy atom. The summed E-state index contributed by atoms with van der Waals surface area (Å²) in [5, 5.41) is 10.0. The van der Waals surface area contributed by atoms with E-state index in [1.165, 1.54) is 11.0 Å². The molecule has 3 aromatic heterocycles. The first-order chi connectivity index (χ1) is 19.3. The van der Waals surface area contributed by atoms with Gasteiger partial charge in [0.25, 0.3) is 0 Å². The van der Waals surface area contributed by atoms with Gasteiger partial charge < -0.3 is 19.3 Å². The van der Waals surface area contributed by atoms with Crippen LogP contribution in [0.15, 0.2) is 55.0 Å². The van der Waals surface area contributed by atoms with Crippen LogP contribution in [0.3, 0.4) is 0 Å². The van der Waals surface area contributed by atoms with Crippen molar-refractivity contribution in [2.24, 2.45) is 0 Å². The Labute approximate surface area is 265 Å². The number of aromatic nitrogens is 5. The van der Waals surface area contributed by atoms with Crippen LogP contribution in [0.1, 0.15) is 25.7 Å². The first-order valence-electron chi connectivity index (χ1n) is 12.6. The Hall–Kier alpha value is -3.52. The number of hydrogen-bond donors (Lipinski definition) is 1. The number of carbonyl (C=O) groups excluding carboxylic acids is 1. The standard InChI is InChI=1S/C28H23ClF2N6O3.CH4.2H2S/c1-15-35-24-12-34-23-11-21(30)18(17-4-3-16(9-20(17)29)40-28-32-6-2-7-33-28)10-19(23)27(24)37(15)25-5-8-36(13-22(25)31)26(39)14-38;;;/h2-4,6-7,9-12,22,25,38H,5,8,13-14H2,1H3;1H4;2*1H2/t22-,25-;;;/m0.../s1. The van der Waals surface area contributed by atoms with E-state index in [9.17, 15) is 9.90 Å². The third-order valence-electron chi connectivity index (χ3n) is 7.09. The Morgan fingerprint density at radius 1 is 1.12 bits per heavy atom. The van der Waals surface area contributed by atoms with Crippen LogP contribution in [0.2, 0.25) is 5.02 Å². The molecule has 0 aliphatic carbocycles. The van der Waals surface area contributed by atoms with Crippen LogP contribution < -0.4 is 4.74 Å². The summed E-state index contributed by atoms with van der Waals surface area (Å²) in [6.07, 6.45) is 3.58. The van der Waals surface area contributed by atoms with Crippen LogP contribution in [-0.2, 0) is 4.79 Å². The van der Waals surface area contributed by atoms with Crippen molar-refractivity contribution in [3.8, 4) is 22.9 Å². The van der Waals surface area contributed by atoms with Gasteiger partial charge in [0.2, 0.25) is 5.91 Å². The number of pyridine rings is 1. The highest BCUT2D eigenvalue weighted by Crippen LogP contribution is 2.38. The zero-order valence-corrected chi connectivity index (χ0v) is 25.0. The molecule has 1 aliphatic rings. The van der Waals surface area contributed by atoms with E-state index in [0.29, 0.717) is 52.0 Å². The molecule has 0 spiro atoms. The molecule has 0 radical (unpaired) electrons. The number of aliphatic hydroxyl groups excluding tert-OH is 1. The van der Waals surface area contributed by atoms with Crippen LogP contribution in [-0.4, -0.2) is 66.3 Å². The van der Waals surface area contributed by atoms with Gasteiger partial charge in [0.15, 0.2) is 0 Å². The number of ether oxygens (including phenoxy) is 1. The highest BCUT2D eigenvalue weighted by Gasteiger charge is 2.34. The molecule has 0 unspecified atom stereocenters. The summed E-state index contributed by atoms with van der Waals surface area (Å²) in [7, 11) is 0. The first-order valence-corrected chi connectivity index (χ1v) is 13.0. The van der Waals surface area contributed by atoms with Gasteiger partial charge in [-0.2, -0.15) is 27.0 Å². The van der Waals surface area contributed by atoms with Crippen LogP contribution in [0.4, 0.5) is 8.78 Å². The van der Waals surface area contributed by atoms with Crippen LogP contribution >= 0.6 is 38.6 Å². The molecule has 1 fully saturated rings. The minimum Gasteiger partial charge on any atom is -0.424 e. The van der Waals surface area contributed by atoms with Gasteiger partial charge in [-0.05, 0) is 37.6 Å². The van der Waals surface area contributed by atoms with E-state index in [-0.39, 0.29) is 57.6 Å². The van der Waals surface area contributed by atoms with Gasteiger partial charge in [0, 0.05) is 47.6 Å². The second-order valence-corrected chi connectivity index (χ2v) is 9.92. The number of fused-ring (bicyclic) bond motifs is 3. The molecule has 9 nitrogen and oxygen atoms in total. The Balaban J connectivity index is 0.00000169. The second-order valence-electron chi connectivity index (χ2n) is 9.52. The molecule has 1 amide bonds. The van der Waals surface area contributed by atoms with Crippen molar-refractivity contribution in [3.63, 3.8) is 0 Å². The number of hydrogen-bond acceptors (Lipinski definition) is 7. The van der Waals surface area contributed by atoms with E-state index in [4.69, 9.17) is 16.3 Å². The van der Waals surface area contributed by atoms with E-state index in [1.54, 1.807) is 55.8 Å². The number of rotatable bonds is 5. The van der Waals surface area contributed by atoms with Gasteiger partial charge in [0.05, 0.1) is 34.8 Å². The van der Waals surface area contributed by atoms with E-state index in [1.807, 2.05) is 4.57 Å². The smallest absolute Gasteiger partial charge is 0.321 e. The lowest BCUT2D eigenvalue weighted by atomic mass is 10.00. The fourth-order valence-corrected chi connectivity index (χ4v) is 5.53. The molecule has 1 saturated heterocycles. The average molecular weight is 649 g/mol. The van der Waals surface area contributed by atoms with Gasteiger partial charge in [-0.15, -0.1) is 0 Å². The molecule has 6 rings (SSSR count). The molecule has 1 N–H and O–H groups in total. The largest absolute Gasteiger partial charge is 0.424 e. The third-order valence-corrected chi connectivity index (χ3v) is 7.40. The minimum absolute atomic E-state index is 0. The number of aryl methyl sites for hydroxylation is 1. The molecule has 2 aromatic carbocycles. The molecule has 228 valence electrons. The number of aliphatic hydroxyl groups is 1. The maximum absolute atomic E-state index is 15.5. The van der Waals surface area contributed by atoms with E-state index in [2.05, 4.69) is 19.9 Å². The zero-order valence-electron chi connectivity index (χ0n) is 22.3. The van der Waals surface area contributed by atoms with Crippen molar-refractivity contribution in [2.75, 3.05) is 19.7 Å². The highest BCUT2D eigenvalue weighted by molar-refractivity contribution is 7.59. The molecule has 43 heavy (non-hydrogen) atoms. The number of imidazole rings is 1. The monoisotopic (exact) mass is 648 g/mol. The zero-order chi connectivity index (χ0) is 28.0. The Bertz CT molecular complexity index is 1760. The lowest BCUT2D eigenvalue weighted by Gasteiger charge is -2.35. The molecule has 14 heteroatoms. The number of halogens is 3. The topological polar surface area (TPSA) is 106 Å². The summed E-state index contributed by atoms with van der Waals surface area (Å²) in [6, 6.07) is 9.03. The van der Waals surface area contributed by atoms with E-state index in [0.717, 1.165) is 0 Å². The van der Waals surface area contributed by atoms with Crippen LogP contribution in [0.25, 0.3) is 33.1 Å². The van der Waals surface area contributed by atoms with Crippen molar-refractivity contribution >= 4 is 66.4 Å². The van der Waals surface area contributed by atoms with E-state index >= 15 is 8.78 Å². The van der Waals surface area contributed by atoms with Crippen LogP contribution in [0.5, 0.6) is 11.8 Å². The van der Waals surface area contributed by atoms with Gasteiger partial charge in [-0.3, -0.25) is 9.78 Å². The molecule has 2 atom stereocenters. The number of carbonyl (C=O) groups is 1. The molecule has 4 heterocycles. The molecule has 1 aliphatic heterocycles. The lowest BCUT2D eigenvalue weighted by Crippen LogP contribution is -2.46. The highest BCUT2D eigenvalue weighted by atomic mass is 35.5. The van der Waals surface area contributed by atoms with Crippen molar-refractivity contribution in [3.05, 3.63) is 71.7 Å². The summed E-state index contributed by atoms with van der Waals surface area (Å²) < 4.78 is 38.3. The molecular formula is C29H31ClF2N6O3S2. The average Bonchev–Trinajstić information content (AvgIpc) is 3.29. The van der Waals surface area contributed by atoms with Crippen molar-refractivity contribution < 1.29 is 23.4 Å². The number of likely N-dealkylation sites (tertiary alicyclic amines) is 1. The fourth-order valence-electron chi connectivity index (χ4n) is 5.26. The SMILES string of the molecule is C.Cc1nc2cnc3cc(F)c(-c4ccc(Oc5ncccn5)cc4Cl)cc3c2n1[C@H]1CCN(C(=O)CO)C[C@@H]1F.S.S. The minimum atomic E-state index is -1.39. The number of piperidine rings is 1. The second kappa shape index (κ2) is 13.8. The summed E-state index contributed by atoms with van der Waals surface area (Å²) in [5.41, 5.74) is 2.22. The predicted octanol–water partition coefficient (Wildman–Crippen LogP) is 5.90. The van der Waals surface area contributed by atoms with Crippen molar-refractivity contribution in [1.29, 1.82) is 0 Å².